The number of likely N-dealkylation sites (tertiary alicyclic amines) is 1. The Morgan fingerprint density at radius 3 is 2.31 bits per heavy atom. The van der Waals surface area contributed by atoms with E-state index in [1.54, 1.807) is 12.1 Å². The zero-order valence-electron chi connectivity index (χ0n) is 20.6. The van der Waals surface area contributed by atoms with Gasteiger partial charge in [-0.15, -0.1) is 0 Å². The molecule has 184 valence electrons. The van der Waals surface area contributed by atoms with E-state index in [2.05, 4.69) is 35.4 Å². The van der Waals surface area contributed by atoms with Crippen LogP contribution in [0, 0.1) is 0 Å². The number of amides is 2. The summed E-state index contributed by atoms with van der Waals surface area (Å²) in [6.07, 6.45) is 5.09. The number of carbonyl (C=O) groups excluding carboxylic acids is 2. The first-order chi connectivity index (χ1) is 17.5. The van der Waals surface area contributed by atoms with Crippen LogP contribution in [0.5, 0.6) is 0 Å². The van der Waals surface area contributed by atoms with Crippen LogP contribution in [0.2, 0.25) is 0 Å². The van der Waals surface area contributed by atoms with E-state index in [9.17, 15) is 9.59 Å². The molecule has 5 rings (SSSR count). The molecule has 36 heavy (non-hydrogen) atoms. The first-order valence-electron chi connectivity index (χ1n) is 12.4. The first-order valence-corrected chi connectivity index (χ1v) is 12.4. The van der Waals surface area contributed by atoms with Crippen molar-refractivity contribution >= 4 is 28.4 Å². The quantitative estimate of drug-likeness (QED) is 0.393. The van der Waals surface area contributed by atoms with Crippen molar-refractivity contribution in [2.45, 2.75) is 25.8 Å². The van der Waals surface area contributed by atoms with E-state index in [-0.39, 0.29) is 18.4 Å². The molecule has 1 aliphatic rings. The van der Waals surface area contributed by atoms with Gasteiger partial charge in [0.05, 0.1) is 24.8 Å². The third-order valence-electron chi connectivity index (χ3n) is 6.92. The predicted molar refractivity (Wildman–Crippen MR) is 143 cm³/mol. The highest BCUT2D eigenvalue weighted by atomic mass is 16.2. The zero-order chi connectivity index (χ0) is 25.1. The van der Waals surface area contributed by atoms with E-state index in [1.165, 1.54) is 0 Å². The summed E-state index contributed by atoms with van der Waals surface area (Å²) in [6.45, 7) is 1.97. The van der Waals surface area contributed by atoms with Crippen LogP contribution in [0.4, 0.5) is 10.5 Å². The number of benzene rings is 3. The third kappa shape index (κ3) is 4.88. The third-order valence-corrected chi connectivity index (χ3v) is 6.92. The number of ketones is 1. The molecule has 3 aromatic carbocycles. The number of carbonyl (C=O) groups is 2. The van der Waals surface area contributed by atoms with Gasteiger partial charge in [0.2, 0.25) is 0 Å². The van der Waals surface area contributed by atoms with Gasteiger partial charge in [-0.25, -0.2) is 4.79 Å². The number of hydrogen-bond donors (Lipinski definition) is 1. The fourth-order valence-electron chi connectivity index (χ4n) is 4.78. The topological polar surface area (TPSA) is 84.5 Å². The molecule has 0 spiro atoms. The molecule has 2 amide bonds. The maximum Gasteiger partial charge on any atom is 0.324 e. The van der Waals surface area contributed by atoms with Crippen LogP contribution in [-0.4, -0.2) is 46.1 Å². The number of nitrogens with zero attached hydrogens (tertiary/aromatic N) is 4. The van der Waals surface area contributed by atoms with Crippen LogP contribution >= 0.6 is 0 Å². The van der Waals surface area contributed by atoms with Crippen molar-refractivity contribution in [2.75, 3.05) is 24.5 Å². The highest BCUT2D eigenvalue weighted by Crippen LogP contribution is 2.28. The van der Waals surface area contributed by atoms with Gasteiger partial charge in [-0.2, -0.15) is 5.10 Å². The van der Waals surface area contributed by atoms with Crippen LogP contribution in [0.25, 0.3) is 22.0 Å². The highest BCUT2D eigenvalue weighted by Gasteiger charge is 2.24. The van der Waals surface area contributed by atoms with Gasteiger partial charge >= 0.3 is 6.03 Å². The van der Waals surface area contributed by atoms with Gasteiger partial charge in [-0.3, -0.25) is 14.4 Å². The summed E-state index contributed by atoms with van der Waals surface area (Å²) in [4.78, 5) is 29.3. The number of aromatic nitrogens is 2. The van der Waals surface area contributed by atoms with E-state index >= 15 is 0 Å². The fraction of sp³-hybridized carbons (Fsp3) is 0.276. The van der Waals surface area contributed by atoms with Crippen LogP contribution < -0.4 is 10.6 Å². The average Bonchev–Trinajstić information content (AvgIpc) is 3.31. The molecule has 1 aliphatic heterocycles. The molecule has 0 saturated carbocycles. The van der Waals surface area contributed by atoms with E-state index in [0.29, 0.717) is 12.1 Å². The summed E-state index contributed by atoms with van der Waals surface area (Å²) >= 11 is 0. The molecule has 7 nitrogen and oxygen atoms in total. The molecule has 1 saturated heterocycles. The Kier molecular flexibility index (Phi) is 6.82. The standard InChI is InChI=1S/C29H31N5O2/c1-32-27-17-24(9-10-25(27)19-31-32)22-11-13-26(14-12-22)34(29(36)33-15-3-2-4-16-33)20-21-5-7-23(8-6-21)28(35)18-30/h5-14,17,19H,2-4,15-16,18,20,30H2,1H3. The van der Waals surface area contributed by atoms with Crippen molar-refractivity contribution in [2.24, 2.45) is 12.8 Å². The van der Waals surface area contributed by atoms with Gasteiger partial charge < -0.3 is 10.6 Å². The van der Waals surface area contributed by atoms with Gasteiger partial charge in [0.15, 0.2) is 5.78 Å². The molecule has 0 atom stereocenters. The molecule has 7 heteroatoms. The Balaban J connectivity index is 1.43. The van der Waals surface area contributed by atoms with Crippen molar-refractivity contribution in [3.63, 3.8) is 0 Å². The Bertz CT molecular complexity index is 1370. The second kappa shape index (κ2) is 10.3. The van der Waals surface area contributed by atoms with Gasteiger partial charge in [-0.05, 0) is 54.2 Å². The Morgan fingerprint density at radius 1 is 0.917 bits per heavy atom. The molecule has 0 aliphatic carbocycles. The van der Waals surface area contributed by atoms with Gasteiger partial charge in [-0.1, -0.05) is 48.5 Å². The second-order valence-electron chi connectivity index (χ2n) is 9.33. The number of urea groups is 1. The summed E-state index contributed by atoms with van der Waals surface area (Å²) in [5.74, 6) is -0.0947. The summed E-state index contributed by atoms with van der Waals surface area (Å²) in [5, 5.41) is 5.44. The largest absolute Gasteiger partial charge is 0.324 e. The molecule has 1 aromatic heterocycles. The average molecular weight is 482 g/mol. The molecular formula is C29H31N5O2. The van der Waals surface area contributed by atoms with Gasteiger partial charge in [0.1, 0.15) is 0 Å². The lowest BCUT2D eigenvalue weighted by Crippen LogP contribution is -2.45. The fourth-order valence-corrected chi connectivity index (χ4v) is 4.78. The number of fused-ring (bicyclic) bond motifs is 1. The molecule has 0 bridgehead atoms. The minimum atomic E-state index is -0.0947. The number of piperidine rings is 1. The summed E-state index contributed by atoms with van der Waals surface area (Å²) in [5.41, 5.74) is 11.1. The number of Topliss-reactive ketones (excluding diaryl/α,β-unsaturated/α-hetero) is 1. The van der Waals surface area contributed by atoms with Crippen LogP contribution in [0.3, 0.4) is 0 Å². The van der Waals surface area contributed by atoms with Crippen molar-refractivity contribution in [3.8, 4) is 11.1 Å². The highest BCUT2D eigenvalue weighted by molar-refractivity contribution is 5.97. The minimum absolute atomic E-state index is 0.0147. The molecule has 0 unspecified atom stereocenters. The summed E-state index contributed by atoms with van der Waals surface area (Å²) in [7, 11) is 1.94. The SMILES string of the molecule is Cn1ncc2ccc(-c3ccc(N(Cc4ccc(C(=O)CN)cc4)C(=O)N4CCCCC4)cc3)cc21. The zero-order valence-corrected chi connectivity index (χ0v) is 20.6. The van der Waals surface area contributed by atoms with Crippen LogP contribution in [0.1, 0.15) is 35.2 Å². The van der Waals surface area contributed by atoms with Crippen molar-refractivity contribution in [1.82, 2.24) is 14.7 Å². The van der Waals surface area contributed by atoms with E-state index < -0.39 is 0 Å². The smallest absolute Gasteiger partial charge is 0.324 e. The molecule has 4 aromatic rings. The summed E-state index contributed by atoms with van der Waals surface area (Å²) < 4.78 is 1.87. The number of rotatable bonds is 6. The van der Waals surface area contributed by atoms with Crippen molar-refractivity contribution < 1.29 is 9.59 Å². The van der Waals surface area contributed by atoms with Crippen LogP contribution in [0.15, 0.2) is 72.9 Å². The van der Waals surface area contributed by atoms with Gasteiger partial charge in [0, 0.05) is 36.8 Å². The molecule has 2 N–H and O–H groups in total. The van der Waals surface area contributed by atoms with Crippen molar-refractivity contribution in [1.29, 1.82) is 0 Å². The Morgan fingerprint density at radius 2 is 1.61 bits per heavy atom. The van der Waals surface area contributed by atoms with Crippen LogP contribution in [-0.2, 0) is 13.6 Å². The molecular weight excluding hydrogens is 450 g/mol. The lowest BCUT2D eigenvalue weighted by atomic mass is 10.0. The lowest BCUT2D eigenvalue weighted by molar-refractivity contribution is 0.100. The maximum atomic E-state index is 13.6. The normalized spacial score (nSPS) is 13.7. The number of hydrogen-bond acceptors (Lipinski definition) is 4. The maximum absolute atomic E-state index is 13.6. The summed E-state index contributed by atoms with van der Waals surface area (Å²) in [6, 6.07) is 21.8. The first kappa shape index (κ1) is 23.8. The molecule has 2 heterocycles. The monoisotopic (exact) mass is 481 g/mol. The molecule has 1 fully saturated rings. The number of nitrogens with two attached hydrogens (primary N) is 1. The van der Waals surface area contributed by atoms with Crippen molar-refractivity contribution in [3.05, 3.63) is 84.1 Å². The van der Waals surface area contributed by atoms with E-state index in [0.717, 1.165) is 65.6 Å². The molecule has 0 radical (unpaired) electrons. The second-order valence-corrected chi connectivity index (χ2v) is 9.33. The van der Waals surface area contributed by atoms with E-state index in [1.807, 2.05) is 52.0 Å². The predicted octanol–water partition coefficient (Wildman–Crippen LogP) is 4.99. The van der Waals surface area contributed by atoms with Gasteiger partial charge in [0.25, 0.3) is 0 Å². The number of aryl methyl sites for hydroxylation is 1. The Hall–Kier alpha value is -3.97. The van der Waals surface area contributed by atoms with E-state index in [4.69, 9.17) is 5.73 Å². The Labute approximate surface area is 211 Å². The lowest BCUT2D eigenvalue weighted by Gasteiger charge is -2.33. The minimum Gasteiger partial charge on any atom is -0.324 e. The number of anilines is 1.